The van der Waals surface area contributed by atoms with Crippen LogP contribution in [0.5, 0.6) is 5.75 Å². The minimum Gasteiger partial charge on any atom is -0.495 e. The van der Waals surface area contributed by atoms with Gasteiger partial charge >= 0.3 is 5.97 Å². The fourth-order valence-electron chi connectivity index (χ4n) is 2.49. The Kier molecular flexibility index (Phi) is 4.53. The van der Waals surface area contributed by atoms with Gasteiger partial charge in [-0.2, -0.15) is 4.31 Å². The number of carbonyl (C=O) groups is 1. The fourth-order valence-corrected chi connectivity index (χ4v) is 4.25. The number of piperidine rings is 1. The Morgan fingerprint density at radius 1 is 1.43 bits per heavy atom. The maximum atomic E-state index is 12.7. The van der Waals surface area contributed by atoms with Crippen molar-refractivity contribution in [3.63, 3.8) is 0 Å². The van der Waals surface area contributed by atoms with Crippen molar-refractivity contribution in [2.24, 2.45) is 5.92 Å². The summed E-state index contributed by atoms with van der Waals surface area (Å²) in [7, 11) is -2.33. The number of carboxylic acids is 1. The van der Waals surface area contributed by atoms with Gasteiger partial charge in [0, 0.05) is 13.1 Å². The molecule has 0 radical (unpaired) electrons. The molecule has 1 aromatic rings. The van der Waals surface area contributed by atoms with E-state index in [-0.39, 0.29) is 17.2 Å². The van der Waals surface area contributed by atoms with Gasteiger partial charge in [0.2, 0.25) is 10.0 Å². The van der Waals surface area contributed by atoms with Crippen LogP contribution in [0.15, 0.2) is 23.1 Å². The van der Waals surface area contributed by atoms with Gasteiger partial charge < -0.3 is 9.84 Å². The zero-order valence-corrected chi connectivity index (χ0v) is 12.9. The number of carboxylic acid groups (broad SMARTS) is 1. The second-order valence-electron chi connectivity index (χ2n) is 5.19. The third-order valence-electron chi connectivity index (χ3n) is 3.67. The van der Waals surface area contributed by atoms with Crippen molar-refractivity contribution in [3.8, 4) is 5.75 Å². The molecule has 116 valence electrons. The maximum absolute atomic E-state index is 12.7. The van der Waals surface area contributed by atoms with E-state index in [9.17, 15) is 13.2 Å². The third-order valence-corrected chi connectivity index (χ3v) is 5.56. The molecule has 0 amide bonds. The van der Waals surface area contributed by atoms with E-state index in [2.05, 4.69) is 0 Å². The average Bonchev–Trinajstić information content (AvgIpc) is 2.47. The molecule has 0 spiro atoms. The summed E-state index contributed by atoms with van der Waals surface area (Å²) in [6.45, 7) is 2.15. The predicted octanol–water partition coefficient (Wildman–Crippen LogP) is 1.49. The van der Waals surface area contributed by atoms with E-state index in [1.54, 1.807) is 25.1 Å². The van der Waals surface area contributed by atoms with E-state index < -0.39 is 21.9 Å². The molecule has 21 heavy (non-hydrogen) atoms. The first kappa shape index (κ1) is 15.8. The summed E-state index contributed by atoms with van der Waals surface area (Å²) >= 11 is 0. The largest absolute Gasteiger partial charge is 0.495 e. The molecule has 0 unspecified atom stereocenters. The molecule has 1 fully saturated rings. The normalized spacial score (nSPS) is 20.2. The Bertz CT molecular complexity index is 641. The van der Waals surface area contributed by atoms with Gasteiger partial charge in [-0.3, -0.25) is 4.79 Å². The Balaban J connectivity index is 2.38. The monoisotopic (exact) mass is 313 g/mol. The molecule has 1 N–H and O–H groups in total. The summed E-state index contributed by atoms with van der Waals surface area (Å²) in [5.74, 6) is -1.33. The topological polar surface area (TPSA) is 83.9 Å². The molecule has 1 saturated heterocycles. The molecular formula is C14H19NO5S. The van der Waals surface area contributed by atoms with Gasteiger partial charge in [0.05, 0.1) is 13.0 Å². The van der Waals surface area contributed by atoms with Crippen LogP contribution in [0.3, 0.4) is 0 Å². The molecule has 7 heteroatoms. The van der Waals surface area contributed by atoms with Crippen LogP contribution < -0.4 is 4.74 Å². The SMILES string of the molecule is COc1ccc(C)cc1S(=O)(=O)N1CCC[C@@H](C(=O)O)C1. The number of nitrogens with zero attached hydrogens (tertiary/aromatic N) is 1. The minimum atomic E-state index is -3.75. The standard InChI is InChI=1S/C14H19NO5S/c1-10-5-6-12(20-2)13(8-10)21(18,19)15-7-3-4-11(9-15)14(16)17/h5-6,8,11H,3-4,7,9H2,1-2H3,(H,16,17)/t11-/m1/s1. The summed E-state index contributed by atoms with van der Waals surface area (Å²) < 4.78 is 31.9. The van der Waals surface area contributed by atoms with Crippen molar-refractivity contribution in [3.05, 3.63) is 23.8 Å². The third kappa shape index (κ3) is 3.19. The summed E-state index contributed by atoms with van der Waals surface area (Å²) in [6.07, 6.45) is 1.05. The highest BCUT2D eigenvalue weighted by Gasteiger charge is 2.34. The van der Waals surface area contributed by atoms with Crippen molar-refractivity contribution in [1.82, 2.24) is 4.31 Å². The van der Waals surface area contributed by atoms with Gasteiger partial charge in [0.1, 0.15) is 10.6 Å². The van der Waals surface area contributed by atoms with Crippen LogP contribution in [-0.4, -0.2) is 44.0 Å². The molecule has 0 saturated carbocycles. The average molecular weight is 313 g/mol. The van der Waals surface area contributed by atoms with Crippen molar-refractivity contribution in [2.75, 3.05) is 20.2 Å². The molecule has 0 aromatic heterocycles. The quantitative estimate of drug-likeness (QED) is 0.910. The van der Waals surface area contributed by atoms with Gasteiger partial charge in [0.25, 0.3) is 0 Å². The number of benzene rings is 1. The van der Waals surface area contributed by atoms with Crippen LogP contribution >= 0.6 is 0 Å². The molecule has 0 bridgehead atoms. The van der Waals surface area contributed by atoms with Crippen molar-refractivity contribution < 1.29 is 23.1 Å². The number of rotatable bonds is 4. The summed E-state index contributed by atoms with van der Waals surface area (Å²) in [6, 6.07) is 4.94. The highest BCUT2D eigenvalue weighted by atomic mass is 32.2. The number of hydrogen-bond donors (Lipinski definition) is 1. The molecule has 1 atom stereocenters. The van der Waals surface area contributed by atoms with E-state index in [0.29, 0.717) is 19.4 Å². The van der Waals surface area contributed by atoms with Gasteiger partial charge in [-0.15, -0.1) is 0 Å². The van der Waals surface area contributed by atoms with E-state index >= 15 is 0 Å². The number of sulfonamides is 1. The van der Waals surface area contributed by atoms with Crippen LogP contribution in [-0.2, 0) is 14.8 Å². The molecule has 0 aliphatic carbocycles. The predicted molar refractivity (Wildman–Crippen MR) is 76.8 cm³/mol. The first-order chi connectivity index (χ1) is 9.86. The van der Waals surface area contributed by atoms with E-state index in [1.165, 1.54) is 11.4 Å². The van der Waals surface area contributed by atoms with Gasteiger partial charge in [-0.05, 0) is 37.5 Å². The first-order valence-corrected chi connectivity index (χ1v) is 8.18. The van der Waals surface area contributed by atoms with Gasteiger partial charge in [0.15, 0.2) is 0 Å². The zero-order valence-electron chi connectivity index (χ0n) is 12.1. The lowest BCUT2D eigenvalue weighted by molar-refractivity contribution is -0.142. The number of methoxy groups -OCH3 is 1. The Morgan fingerprint density at radius 2 is 2.14 bits per heavy atom. The summed E-state index contributed by atoms with van der Waals surface area (Å²) in [4.78, 5) is 11.2. The number of aliphatic carboxylic acids is 1. The van der Waals surface area contributed by atoms with Gasteiger partial charge in [-0.1, -0.05) is 6.07 Å². The summed E-state index contributed by atoms with van der Waals surface area (Å²) in [5, 5.41) is 9.09. The Labute approximate surface area is 124 Å². The zero-order chi connectivity index (χ0) is 15.6. The van der Waals surface area contributed by atoms with Crippen LogP contribution in [0.4, 0.5) is 0 Å². The minimum absolute atomic E-state index is 0.00869. The van der Waals surface area contributed by atoms with Crippen LogP contribution in [0, 0.1) is 12.8 Å². The van der Waals surface area contributed by atoms with Crippen LogP contribution in [0.25, 0.3) is 0 Å². The second kappa shape index (κ2) is 6.03. The molecule has 1 heterocycles. The van der Waals surface area contributed by atoms with E-state index in [4.69, 9.17) is 9.84 Å². The number of aryl methyl sites for hydroxylation is 1. The summed E-state index contributed by atoms with van der Waals surface area (Å²) in [5.41, 5.74) is 0.807. The van der Waals surface area contributed by atoms with Crippen molar-refractivity contribution in [1.29, 1.82) is 0 Å². The fraction of sp³-hybridized carbons (Fsp3) is 0.500. The van der Waals surface area contributed by atoms with Crippen molar-refractivity contribution in [2.45, 2.75) is 24.7 Å². The highest BCUT2D eigenvalue weighted by molar-refractivity contribution is 7.89. The van der Waals surface area contributed by atoms with Crippen LogP contribution in [0.2, 0.25) is 0 Å². The molecule has 1 aromatic carbocycles. The molecule has 1 aliphatic rings. The maximum Gasteiger partial charge on any atom is 0.307 e. The Hall–Kier alpha value is -1.60. The van der Waals surface area contributed by atoms with E-state index in [0.717, 1.165) is 5.56 Å². The molecular weight excluding hydrogens is 294 g/mol. The van der Waals surface area contributed by atoms with Crippen LogP contribution in [0.1, 0.15) is 18.4 Å². The first-order valence-electron chi connectivity index (χ1n) is 6.74. The lowest BCUT2D eigenvalue weighted by Gasteiger charge is -2.30. The van der Waals surface area contributed by atoms with Gasteiger partial charge in [-0.25, -0.2) is 8.42 Å². The molecule has 1 aliphatic heterocycles. The number of ether oxygens (including phenoxy) is 1. The smallest absolute Gasteiger partial charge is 0.307 e. The Morgan fingerprint density at radius 3 is 2.76 bits per heavy atom. The molecule has 2 rings (SSSR count). The molecule has 6 nitrogen and oxygen atoms in total. The lowest BCUT2D eigenvalue weighted by Crippen LogP contribution is -2.42. The number of hydrogen-bond acceptors (Lipinski definition) is 4. The van der Waals surface area contributed by atoms with Crippen molar-refractivity contribution >= 4 is 16.0 Å². The second-order valence-corrected chi connectivity index (χ2v) is 7.10. The lowest BCUT2D eigenvalue weighted by atomic mass is 10.0. The highest BCUT2D eigenvalue weighted by Crippen LogP contribution is 2.30. The van der Waals surface area contributed by atoms with E-state index in [1.807, 2.05) is 0 Å².